The number of benzene rings is 4. The molecule has 4 N–H and O–H groups in total. The van der Waals surface area contributed by atoms with Gasteiger partial charge in [-0.1, -0.05) is 98.1 Å². The lowest BCUT2D eigenvalue weighted by atomic mass is 10.0. The van der Waals surface area contributed by atoms with Crippen molar-refractivity contribution in [2.45, 2.75) is 13.3 Å². The Labute approximate surface area is 249 Å². The topological polar surface area (TPSA) is 72.7 Å². The number of phenolic OH excluding ortho intramolecular Hbond substituents is 2. The van der Waals surface area contributed by atoms with Gasteiger partial charge in [-0.2, -0.15) is 0 Å². The van der Waals surface area contributed by atoms with E-state index in [4.69, 9.17) is 5.11 Å². The molecule has 4 rings (SSSR count). The summed E-state index contributed by atoms with van der Waals surface area (Å²) in [4.78, 5) is 0. The number of aromatic hydroxyl groups is 2. The molecule has 4 aromatic carbocycles. The molecule has 4 nitrogen and oxygen atoms in total. The Morgan fingerprint density at radius 1 is 0.714 bits per heavy atom. The molecule has 0 atom stereocenters. The van der Waals surface area contributed by atoms with E-state index in [0.29, 0.717) is 0 Å². The smallest absolute Gasteiger partial charge is 0.116 e. The van der Waals surface area contributed by atoms with E-state index in [9.17, 15) is 10.2 Å². The molecule has 0 aliphatic carbocycles. The van der Waals surface area contributed by atoms with E-state index < -0.39 is 0 Å². The van der Waals surface area contributed by atoms with E-state index in [0.717, 1.165) is 40.0 Å². The Kier molecular flexibility index (Phi) is 12.3. The van der Waals surface area contributed by atoms with Gasteiger partial charge in [-0.05, 0) is 102 Å². The fourth-order valence-corrected chi connectivity index (χ4v) is 4.03. The zero-order valence-corrected chi connectivity index (χ0v) is 23.8. The van der Waals surface area contributed by atoms with Crippen LogP contribution in [0.2, 0.25) is 0 Å². The van der Waals surface area contributed by atoms with Gasteiger partial charge >= 0.3 is 0 Å². The van der Waals surface area contributed by atoms with Crippen molar-refractivity contribution in [3.8, 4) is 33.8 Å². The van der Waals surface area contributed by atoms with E-state index in [1.54, 1.807) is 42.5 Å². The molecule has 4 heteroatoms. The van der Waals surface area contributed by atoms with Gasteiger partial charge in [-0.15, -0.1) is 0 Å². The number of hydrogen-bond acceptors (Lipinski definition) is 4. The Morgan fingerprint density at radius 3 is 1.67 bits per heavy atom. The van der Waals surface area contributed by atoms with Crippen molar-refractivity contribution in [1.82, 2.24) is 0 Å². The first-order valence-electron chi connectivity index (χ1n) is 13.6. The Bertz CT molecular complexity index is 1490. The van der Waals surface area contributed by atoms with Crippen molar-refractivity contribution >= 4 is 11.4 Å². The summed E-state index contributed by atoms with van der Waals surface area (Å²) < 4.78 is 0. The molecule has 0 heterocycles. The van der Waals surface area contributed by atoms with Gasteiger partial charge in [0.25, 0.3) is 0 Å². The van der Waals surface area contributed by atoms with Crippen LogP contribution in [0, 0.1) is 0 Å². The van der Waals surface area contributed by atoms with E-state index in [1.807, 2.05) is 104 Å². The number of aliphatic hydroxyl groups is 1. The van der Waals surface area contributed by atoms with Crippen molar-refractivity contribution in [2.75, 3.05) is 5.32 Å². The molecule has 0 saturated heterocycles. The van der Waals surface area contributed by atoms with Gasteiger partial charge in [0.1, 0.15) is 17.3 Å². The minimum Gasteiger partial charge on any atom is -0.508 e. The van der Waals surface area contributed by atoms with Crippen molar-refractivity contribution in [2.24, 2.45) is 0 Å². The summed E-state index contributed by atoms with van der Waals surface area (Å²) in [6, 6.07) is 30.6. The van der Waals surface area contributed by atoms with Crippen LogP contribution in [0.25, 0.3) is 22.3 Å². The van der Waals surface area contributed by atoms with Crippen LogP contribution in [-0.4, -0.2) is 15.3 Å². The molecule has 0 amide bonds. The number of rotatable bonds is 10. The molecular formula is C38H37NO3. The Balaban J connectivity index is 0.000000277. The van der Waals surface area contributed by atoms with Crippen molar-refractivity contribution in [3.63, 3.8) is 0 Å². The molecule has 0 aliphatic heterocycles. The number of nitrogens with one attached hydrogen (secondary N) is 1. The van der Waals surface area contributed by atoms with Gasteiger partial charge in [0.15, 0.2) is 0 Å². The zero-order chi connectivity index (χ0) is 30.2. The first-order valence-corrected chi connectivity index (χ1v) is 13.6. The summed E-state index contributed by atoms with van der Waals surface area (Å²) >= 11 is 0. The molecule has 0 radical (unpaired) electrons. The molecule has 0 aromatic heterocycles. The molecule has 4 aromatic rings. The summed E-state index contributed by atoms with van der Waals surface area (Å²) in [5.74, 6) is 0.703. The minimum absolute atomic E-state index is 0.173. The minimum atomic E-state index is 0.173. The van der Waals surface area contributed by atoms with Crippen LogP contribution in [0.4, 0.5) is 11.4 Å². The van der Waals surface area contributed by atoms with Gasteiger partial charge in [0, 0.05) is 11.4 Å². The maximum atomic E-state index is 9.62. The normalized spacial score (nSPS) is 11.6. The van der Waals surface area contributed by atoms with Crippen molar-refractivity contribution < 1.29 is 15.3 Å². The molecule has 0 unspecified atom stereocenters. The van der Waals surface area contributed by atoms with Gasteiger partial charge in [0.2, 0.25) is 0 Å². The highest BCUT2D eigenvalue weighted by Crippen LogP contribution is 2.28. The monoisotopic (exact) mass is 555 g/mol. The lowest BCUT2D eigenvalue weighted by Crippen LogP contribution is -1.90. The third-order valence-corrected chi connectivity index (χ3v) is 6.10. The van der Waals surface area contributed by atoms with Crippen LogP contribution in [-0.2, 0) is 0 Å². The van der Waals surface area contributed by atoms with Crippen LogP contribution in [0.3, 0.4) is 0 Å². The quantitative estimate of drug-likeness (QED) is 0.116. The molecule has 0 saturated carbocycles. The highest BCUT2D eigenvalue weighted by Gasteiger charge is 2.02. The lowest BCUT2D eigenvalue weighted by Gasteiger charge is -2.09. The van der Waals surface area contributed by atoms with Crippen LogP contribution >= 0.6 is 0 Å². The largest absolute Gasteiger partial charge is 0.508 e. The third kappa shape index (κ3) is 10.2. The van der Waals surface area contributed by atoms with Crippen LogP contribution in [0.5, 0.6) is 11.5 Å². The predicted molar refractivity (Wildman–Crippen MR) is 178 cm³/mol. The average molecular weight is 556 g/mol. The fourth-order valence-electron chi connectivity index (χ4n) is 4.03. The van der Waals surface area contributed by atoms with Gasteiger partial charge in [0.05, 0.1) is 0 Å². The summed E-state index contributed by atoms with van der Waals surface area (Å²) in [6.45, 7) is 9.07. The second-order valence-electron chi connectivity index (χ2n) is 9.29. The van der Waals surface area contributed by atoms with Crippen LogP contribution < -0.4 is 5.32 Å². The summed E-state index contributed by atoms with van der Waals surface area (Å²) in [5.41, 5.74) is 7.23. The number of hydrogen-bond donors (Lipinski definition) is 4. The zero-order valence-electron chi connectivity index (χ0n) is 23.8. The first kappa shape index (κ1) is 31.1. The maximum absolute atomic E-state index is 9.62. The van der Waals surface area contributed by atoms with Crippen LogP contribution in [0.15, 0.2) is 170 Å². The average Bonchev–Trinajstić information content (AvgIpc) is 3.00. The molecule has 0 fully saturated rings. The van der Waals surface area contributed by atoms with E-state index >= 15 is 0 Å². The predicted octanol–water partition coefficient (Wildman–Crippen LogP) is 10.4. The molecule has 212 valence electrons. The molecule has 0 bridgehead atoms. The fraction of sp³-hybridized carbons (Fsp3) is 0.0526. The van der Waals surface area contributed by atoms with E-state index in [1.165, 1.54) is 11.6 Å². The molecular weight excluding hydrogens is 518 g/mol. The second kappa shape index (κ2) is 16.6. The highest BCUT2D eigenvalue weighted by molar-refractivity contribution is 5.71. The Morgan fingerprint density at radius 2 is 1.24 bits per heavy atom. The second-order valence-corrected chi connectivity index (χ2v) is 9.29. The van der Waals surface area contributed by atoms with Gasteiger partial charge in [-0.25, -0.2) is 0 Å². The third-order valence-electron chi connectivity index (χ3n) is 6.10. The summed E-state index contributed by atoms with van der Waals surface area (Å²) in [5, 5.41) is 31.7. The van der Waals surface area contributed by atoms with Crippen molar-refractivity contribution in [1.29, 1.82) is 0 Å². The standard InChI is InChI=1S/C24H19NO2.C14H18O/c26-23-5-1-3-19(15-23)17-7-11-21(12-8-17)25-22-13-9-18(10-14-22)20-4-2-6-24(27)16-20;1-4-9-13(10-5-2)11-7-8-12-14(15)6-3/h1-16,25-27H;4-10,12,15H,1,3,11H2,2H3/b;8-7-,10-5-,13-9+,14-12+. The SMILES string of the molecule is C=C/C=C(\C=C/C)C/C=C\C=C(\O)C=C.Oc1cccc(-c2ccc(Nc3ccc(-c4cccc(O)c4)cc3)cc2)c1. The molecule has 0 spiro atoms. The molecule has 42 heavy (non-hydrogen) atoms. The van der Waals surface area contributed by atoms with Crippen LogP contribution in [0.1, 0.15) is 13.3 Å². The summed E-state index contributed by atoms with van der Waals surface area (Å²) in [6.07, 6.45) is 15.3. The first-order chi connectivity index (χ1) is 20.4. The number of phenols is 2. The van der Waals surface area contributed by atoms with Gasteiger partial charge in [-0.3, -0.25) is 0 Å². The lowest BCUT2D eigenvalue weighted by molar-refractivity contribution is 0.433. The summed E-state index contributed by atoms with van der Waals surface area (Å²) in [7, 11) is 0. The molecule has 0 aliphatic rings. The van der Waals surface area contributed by atoms with Gasteiger partial charge < -0.3 is 20.6 Å². The number of aliphatic hydroxyl groups excluding tert-OH is 1. The highest BCUT2D eigenvalue weighted by atomic mass is 16.3. The van der Waals surface area contributed by atoms with E-state index in [2.05, 4.69) is 18.5 Å². The van der Waals surface area contributed by atoms with Crippen molar-refractivity contribution in [3.05, 3.63) is 170 Å². The van der Waals surface area contributed by atoms with E-state index in [-0.39, 0.29) is 17.3 Å². The maximum Gasteiger partial charge on any atom is 0.116 e. The Hall–Kier alpha value is -5.48. The number of allylic oxidation sites excluding steroid dienone is 9. The number of anilines is 2.